The maximum Gasteiger partial charge on any atom is 0.147 e. The number of aryl methyl sites for hydroxylation is 1. The maximum absolute atomic E-state index is 10.7. The average Bonchev–Trinajstić information content (AvgIpc) is 2.68. The number of rotatable bonds is 3. The van der Waals surface area contributed by atoms with Gasteiger partial charge in [0.05, 0.1) is 11.8 Å². The molecule has 0 aromatic carbocycles. The van der Waals surface area contributed by atoms with Crippen molar-refractivity contribution in [2.45, 2.75) is 13.3 Å². The quantitative estimate of drug-likeness (QED) is 0.625. The number of aldehydes is 1. The molecule has 0 amide bonds. The lowest BCUT2D eigenvalue weighted by Gasteiger charge is -2.07. The molecule has 3 nitrogen and oxygen atoms in total. The summed E-state index contributed by atoms with van der Waals surface area (Å²) in [5, 5.41) is 3.26. The van der Waals surface area contributed by atoms with Crippen LogP contribution in [0.3, 0.4) is 0 Å². The molecule has 0 saturated heterocycles. The summed E-state index contributed by atoms with van der Waals surface area (Å²) in [6.07, 6.45) is 1.20. The van der Waals surface area contributed by atoms with Crippen molar-refractivity contribution in [1.29, 1.82) is 0 Å². The van der Waals surface area contributed by atoms with Gasteiger partial charge in [-0.25, -0.2) is 4.98 Å². The molecule has 0 N–H and O–H groups in total. The number of aromatic nitrogens is 1. The summed E-state index contributed by atoms with van der Waals surface area (Å²) in [4.78, 5) is 14.9. The van der Waals surface area contributed by atoms with E-state index in [1.165, 1.54) is 11.3 Å². The second kappa shape index (κ2) is 4.39. The third-order valence-corrected chi connectivity index (χ3v) is 3.81. The summed E-state index contributed by atoms with van der Waals surface area (Å²) in [6, 6.07) is 0. The fourth-order valence-corrected chi connectivity index (χ4v) is 2.99. The fraction of sp³-hybridized carbons (Fsp3) is 0.273. The molecule has 0 fully saturated rings. The SMILES string of the molecule is COc1csc2c(Cl)nc(C)c(CC=O)c12. The second-order valence-electron chi connectivity index (χ2n) is 3.35. The van der Waals surface area contributed by atoms with Crippen molar-refractivity contribution in [2.24, 2.45) is 0 Å². The number of thiophene rings is 1. The Morgan fingerprint density at radius 2 is 2.38 bits per heavy atom. The Balaban J connectivity index is 2.83. The summed E-state index contributed by atoms with van der Waals surface area (Å²) in [5.41, 5.74) is 1.67. The fourth-order valence-electron chi connectivity index (χ4n) is 1.71. The third kappa shape index (κ3) is 1.68. The Morgan fingerprint density at radius 1 is 1.62 bits per heavy atom. The van der Waals surface area contributed by atoms with E-state index in [2.05, 4.69) is 4.98 Å². The number of halogens is 1. The standard InChI is InChI=1S/C11H10ClNO2S/c1-6-7(3-4-14)9-8(15-2)5-16-10(9)11(12)13-6/h4-5H,3H2,1-2H3. The van der Waals surface area contributed by atoms with Gasteiger partial charge in [0.2, 0.25) is 0 Å². The van der Waals surface area contributed by atoms with Gasteiger partial charge in [-0.3, -0.25) is 0 Å². The predicted octanol–water partition coefficient (Wildman–Crippen LogP) is 3.01. The number of hydrogen-bond donors (Lipinski definition) is 0. The van der Waals surface area contributed by atoms with E-state index in [1.807, 2.05) is 12.3 Å². The van der Waals surface area contributed by atoms with Gasteiger partial charge in [-0.15, -0.1) is 11.3 Å². The van der Waals surface area contributed by atoms with E-state index in [0.717, 1.165) is 33.4 Å². The molecule has 0 saturated carbocycles. The van der Waals surface area contributed by atoms with Crippen LogP contribution in [0.25, 0.3) is 10.1 Å². The first-order valence-electron chi connectivity index (χ1n) is 4.72. The van der Waals surface area contributed by atoms with Gasteiger partial charge in [0, 0.05) is 22.9 Å². The molecular weight excluding hydrogens is 246 g/mol. The highest BCUT2D eigenvalue weighted by atomic mass is 35.5. The zero-order valence-corrected chi connectivity index (χ0v) is 10.5. The van der Waals surface area contributed by atoms with E-state index in [9.17, 15) is 4.79 Å². The van der Waals surface area contributed by atoms with E-state index >= 15 is 0 Å². The van der Waals surface area contributed by atoms with Crippen molar-refractivity contribution in [3.8, 4) is 5.75 Å². The smallest absolute Gasteiger partial charge is 0.147 e. The Morgan fingerprint density at radius 3 is 3.00 bits per heavy atom. The summed E-state index contributed by atoms with van der Waals surface area (Å²) < 4.78 is 6.15. The maximum atomic E-state index is 10.7. The van der Waals surface area contributed by atoms with Crippen LogP contribution in [0.1, 0.15) is 11.3 Å². The number of hydrogen-bond acceptors (Lipinski definition) is 4. The first-order chi connectivity index (χ1) is 7.69. The van der Waals surface area contributed by atoms with Crippen LogP contribution in [-0.2, 0) is 11.2 Å². The van der Waals surface area contributed by atoms with Crippen LogP contribution in [0, 0.1) is 6.92 Å². The number of fused-ring (bicyclic) bond motifs is 1. The molecular formula is C11H10ClNO2S. The Bertz CT molecular complexity index is 550. The van der Waals surface area contributed by atoms with Gasteiger partial charge >= 0.3 is 0 Å². The van der Waals surface area contributed by atoms with Crippen LogP contribution < -0.4 is 4.74 Å². The largest absolute Gasteiger partial charge is 0.495 e. The van der Waals surface area contributed by atoms with Crippen LogP contribution >= 0.6 is 22.9 Å². The Hall–Kier alpha value is -1.13. The molecule has 2 heterocycles. The second-order valence-corrected chi connectivity index (χ2v) is 4.58. The van der Waals surface area contributed by atoms with Crippen LogP contribution in [0.2, 0.25) is 5.15 Å². The molecule has 84 valence electrons. The first-order valence-corrected chi connectivity index (χ1v) is 5.98. The van der Waals surface area contributed by atoms with Gasteiger partial charge < -0.3 is 9.53 Å². The van der Waals surface area contributed by atoms with Crippen LogP contribution in [0.4, 0.5) is 0 Å². The molecule has 0 radical (unpaired) electrons. The van der Waals surface area contributed by atoms with Gasteiger partial charge in [-0.05, 0) is 12.5 Å². The molecule has 16 heavy (non-hydrogen) atoms. The molecule has 2 aromatic heterocycles. The number of carbonyl (C=O) groups excluding carboxylic acids is 1. The molecule has 0 aliphatic carbocycles. The van der Waals surface area contributed by atoms with E-state index in [-0.39, 0.29) is 0 Å². The van der Waals surface area contributed by atoms with Gasteiger partial charge in [0.1, 0.15) is 17.2 Å². The van der Waals surface area contributed by atoms with Crippen LogP contribution in [0.5, 0.6) is 5.75 Å². The highest BCUT2D eigenvalue weighted by Crippen LogP contribution is 2.39. The lowest BCUT2D eigenvalue weighted by Crippen LogP contribution is -1.96. The van der Waals surface area contributed by atoms with Crippen LogP contribution in [0.15, 0.2) is 5.38 Å². The molecule has 0 spiro atoms. The molecule has 2 aromatic rings. The summed E-state index contributed by atoms with van der Waals surface area (Å²) in [5.74, 6) is 0.754. The summed E-state index contributed by atoms with van der Waals surface area (Å²) in [7, 11) is 1.61. The third-order valence-electron chi connectivity index (χ3n) is 2.46. The number of pyridine rings is 1. The number of ether oxygens (including phenoxy) is 1. The van der Waals surface area contributed by atoms with E-state index in [0.29, 0.717) is 11.6 Å². The van der Waals surface area contributed by atoms with Crippen molar-refractivity contribution in [3.05, 3.63) is 21.8 Å². The van der Waals surface area contributed by atoms with Crippen molar-refractivity contribution in [1.82, 2.24) is 4.98 Å². The van der Waals surface area contributed by atoms with Gasteiger partial charge in [0.25, 0.3) is 0 Å². The first kappa shape index (κ1) is 11.4. The predicted molar refractivity (Wildman–Crippen MR) is 65.7 cm³/mol. The number of carbonyl (C=O) groups is 1. The minimum absolute atomic E-state index is 0.333. The highest BCUT2D eigenvalue weighted by Gasteiger charge is 2.15. The van der Waals surface area contributed by atoms with Gasteiger partial charge in [0.15, 0.2) is 0 Å². The molecule has 5 heteroatoms. The number of methoxy groups -OCH3 is 1. The summed E-state index contributed by atoms with van der Waals surface area (Å²) >= 11 is 7.54. The Kier molecular flexibility index (Phi) is 3.12. The monoisotopic (exact) mass is 255 g/mol. The van der Waals surface area contributed by atoms with Crippen molar-refractivity contribution in [2.75, 3.05) is 7.11 Å². The topological polar surface area (TPSA) is 39.2 Å². The van der Waals surface area contributed by atoms with Crippen molar-refractivity contribution < 1.29 is 9.53 Å². The average molecular weight is 256 g/mol. The van der Waals surface area contributed by atoms with Crippen LogP contribution in [-0.4, -0.2) is 18.4 Å². The molecule has 0 bridgehead atoms. The van der Waals surface area contributed by atoms with Crippen molar-refractivity contribution in [3.63, 3.8) is 0 Å². The minimum Gasteiger partial charge on any atom is -0.495 e. The Labute approximate surface area is 102 Å². The molecule has 0 atom stereocenters. The van der Waals surface area contributed by atoms with Gasteiger partial charge in [-0.2, -0.15) is 0 Å². The molecule has 0 aliphatic rings. The number of nitrogens with zero attached hydrogens (tertiary/aromatic N) is 1. The highest BCUT2D eigenvalue weighted by molar-refractivity contribution is 7.18. The lowest BCUT2D eigenvalue weighted by atomic mass is 10.1. The zero-order chi connectivity index (χ0) is 11.7. The van der Waals surface area contributed by atoms with Gasteiger partial charge in [-0.1, -0.05) is 11.6 Å². The molecule has 0 aliphatic heterocycles. The lowest BCUT2D eigenvalue weighted by molar-refractivity contribution is -0.107. The van der Waals surface area contributed by atoms with E-state index < -0.39 is 0 Å². The molecule has 2 rings (SSSR count). The zero-order valence-electron chi connectivity index (χ0n) is 8.91. The summed E-state index contributed by atoms with van der Waals surface area (Å²) in [6.45, 7) is 1.85. The normalized spacial score (nSPS) is 10.7. The molecule has 0 unspecified atom stereocenters. The van der Waals surface area contributed by atoms with E-state index in [4.69, 9.17) is 16.3 Å². The minimum atomic E-state index is 0.333. The van der Waals surface area contributed by atoms with Crippen molar-refractivity contribution >= 4 is 39.3 Å². The van der Waals surface area contributed by atoms with E-state index in [1.54, 1.807) is 7.11 Å².